The molecule has 0 saturated carbocycles. The number of carbonyl (C=O) groups excluding carboxylic acids is 4. The first-order valence-corrected chi connectivity index (χ1v) is 7.79. The summed E-state index contributed by atoms with van der Waals surface area (Å²) in [6.07, 6.45) is -0.849. The Morgan fingerprint density at radius 1 is 1.33 bits per heavy atom. The number of alkyl carbamates (subject to hydrolysis) is 1. The van der Waals surface area contributed by atoms with Crippen LogP contribution in [0.5, 0.6) is 0 Å². The maximum atomic E-state index is 11.8. The SMILES string of the molecule is CCOC(=O)NC(=O)c1ccsc1NC(=O)CSC(C)=O. The number of imide groups is 1. The summed E-state index contributed by atoms with van der Waals surface area (Å²) in [6.45, 7) is 3.13. The molecule has 114 valence electrons. The molecule has 1 heterocycles. The normalized spacial score (nSPS) is 9.81. The summed E-state index contributed by atoms with van der Waals surface area (Å²) < 4.78 is 4.60. The van der Waals surface area contributed by atoms with Crippen LogP contribution in [0.25, 0.3) is 0 Å². The molecule has 1 aromatic rings. The van der Waals surface area contributed by atoms with Crippen molar-refractivity contribution in [1.82, 2.24) is 5.32 Å². The molecule has 0 bridgehead atoms. The summed E-state index contributed by atoms with van der Waals surface area (Å²) in [5.74, 6) is -1.10. The fourth-order valence-electron chi connectivity index (χ4n) is 1.24. The lowest BCUT2D eigenvalue weighted by atomic mass is 10.3. The minimum Gasteiger partial charge on any atom is -0.450 e. The minimum absolute atomic E-state index is 0.0355. The van der Waals surface area contributed by atoms with Gasteiger partial charge in [-0.3, -0.25) is 19.7 Å². The quantitative estimate of drug-likeness (QED) is 0.854. The van der Waals surface area contributed by atoms with Gasteiger partial charge in [-0.05, 0) is 18.4 Å². The highest BCUT2D eigenvalue weighted by Crippen LogP contribution is 2.23. The number of amides is 3. The number of thioether (sulfide) groups is 1. The molecule has 21 heavy (non-hydrogen) atoms. The zero-order valence-electron chi connectivity index (χ0n) is 11.4. The van der Waals surface area contributed by atoms with Gasteiger partial charge in [-0.15, -0.1) is 11.3 Å². The number of anilines is 1. The van der Waals surface area contributed by atoms with Gasteiger partial charge in [0.2, 0.25) is 5.91 Å². The smallest absolute Gasteiger partial charge is 0.414 e. The molecule has 0 aromatic carbocycles. The van der Waals surface area contributed by atoms with Crippen molar-refractivity contribution >= 4 is 51.1 Å². The van der Waals surface area contributed by atoms with Crippen LogP contribution in [0.2, 0.25) is 0 Å². The standard InChI is InChI=1S/C12H14N2O5S2/c1-3-19-12(18)14-10(17)8-4-5-20-11(8)13-9(16)6-21-7(2)15/h4-5H,3,6H2,1-2H3,(H,13,16)(H,14,17,18). The molecule has 0 aliphatic heterocycles. The molecule has 3 amide bonds. The van der Waals surface area contributed by atoms with Crippen molar-refractivity contribution in [3.63, 3.8) is 0 Å². The monoisotopic (exact) mass is 330 g/mol. The first-order chi connectivity index (χ1) is 9.93. The third-order valence-corrected chi connectivity index (χ3v) is 3.70. The van der Waals surface area contributed by atoms with Crippen molar-refractivity contribution in [3.05, 3.63) is 17.0 Å². The highest BCUT2D eigenvalue weighted by atomic mass is 32.2. The topological polar surface area (TPSA) is 102 Å². The number of thiophene rings is 1. The predicted molar refractivity (Wildman–Crippen MR) is 80.6 cm³/mol. The van der Waals surface area contributed by atoms with Crippen LogP contribution in [-0.4, -0.2) is 35.4 Å². The maximum Gasteiger partial charge on any atom is 0.414 e. The van der Waals surface area contributed by atoms with E-state index < -0.39 is 17.9 Å². The number of ether oxygens (including phenoxy) is 1. The molecule has 1 aromatic heterocycles. The van der Waals surface area contributed by atoms with Gasteiger partial charge in [0, 0.05) is 6.92 Å². The Morgan fingerprint density at radius 3 is 2.67 bits per heavy atom. The van der Waals surface area contributed by atoms with E-state index in [1.54, 1.807) is 12.3 Å². The van der Waals surface area contributed by atoms with Crippen molar-refractivity contribution in [2.24, 2.45) is 0 Å². The van der Waals surface area contributed by atoms with Gasteiger partial charge in [-0.1, -0.05) is 11.8 Å². The first-order valence-electron chi connectivity index (χ1n) is 5.92. The average Bonchev–Trinajstić information content (AvgIpc) is 2.84. The van der Waals surface area contributed by atoms with E-state index in [0.717, 1.165) is 23.1 Å². The lowest BCUT2D eigenvalue weighted by Crippen LogP contribution is -2.31. The van der Waals surface area contributed by atoms with E-state index in [1.165, 1.54) is 13.0 Å². The number of rotatable bonds is 5. The zero-order valence-corrected chi connectivity index (χ0v) is 13.1. The Morgan fingerprint density at radius 2 is 2.05 bits per heavy atom. The summed E-state index contributed by atoms with van der Waals surface area (Å²) >= 11 is 2.01. The van der Waals surface area contributed by atoms with E-state index in [1.807, 2.05) is 5.32 Å². The maximum absolute atomic E-state index is 11.8. The van der Waals surface area contributed by atoms with Crippen molar-refractivity contribution in [1.29, 1.82) is 0 Å². The van der Waals surface area contributed by atoms with E-state index in [2.05, 4.69) is 10.1 Å². The fourth-order valence-corrected chi connectivity index (χ4v) is 2.45. The van der Waals surface area contributed by atoms with Crippen LogP contribution >= 0.6 is 23.1 Å². The molecule has 0 aliphatic carbocycles. The van der Waals surface area contributed by atoms with E-state index in [9.17, 15) is 19.2 Å². The highest BCUT2D eigenvalue weighted by Gasteiger charge is 2.17. The van der Waals surface area contributed by atoms with Gasteiger partial charge >= 0.3 is 6.09 Å². The third-order valence-electron chi connectivity index (χ3n) is 2.06. The Kier molecular flexibility index (Phi) is 6.89. The second-order valence-corrected chi connectivity index (χ2v) is 5.73. The van der Waals surface area contributed by atoms with Gasteiger partial charge in [-0.2, -0.15) is 0 Å². The van der Waals surface area contributed by atoms with Crippen LogP contribution < -0.4 is 10.6 Å². The van der Waals surface area contributed by atoms with Crippen LogP contribution in [0.1, 0.15) is 24.2 Å². The number of nitrogens with one attached hydrogen (secondary N) is 2. The van der Waals surface area contributed by atoms with Gasteiger partial charge < -0.3 is 10.1 Å². The highest BCUT2D eigenvalue weighted by molar-refractivity contribution is 8.14. The van der Waals surface area contributed by atoms with Crippen molar-refractivity contribution in [3.8, 4) is 0 Å². The molecular formula is C12H14N2O5S2. The van der Waals surface area contributed by atoms with Gasteiger partial charge in [0.1, 0.15) is 5.00 Å². The van der Waals surface area contributed by atoms with Crippen molar-refractivity contribution in [2.75, 3.05) is 17.7 Å². The summed E-state index contributed by atoms with van der Waals surface area (Å²) in [4.78, 5) is 45.4. The van der Waals surface area contributed by atoms with Gasteiger partial charge in [0.15, 0.2) is 5.12 Å². The summed E-state index contributed by atoms with van der Waals surface area (Å²) in [6, 6.07) is 1.48. The van der Waals surface area contributed by atoms with Crippen LogP contribution in [0.4, 0.5) is 9.80 Å². The molecule has 7 nitrogen and oxygen atoms in total. The van der Waals surface area contributed by atoms with Gasteiger partial charge in [-0.25, -0.2) is 4.79 Å². The first kappa shape index (κ1) is 17.2. The van der Waals surface area contributed by atoms with Crippen LogP contribution in [0.15, 0.2) is 11.4 Å². The number of hydrogen-bond donors (Lipinski definition) is 2. The van der Waals surface area contributed by atoms with Crippen LogP contribution in [0.3, 0.4) is 0 Å². The zero-order chi connectivity index (χ0) is 15.8. The Balaban J connectivity index is 2.64. The molecule has 0 unspecified atom stereocenters. The summed E-state index contributed by atoms with van der Waals surface area (Å²) in [7, 11) is 0. The van der Waals surface area contributed by atoms with Crippen molar-refractivity contribution < 1.29 is 23.9 Å². The fraction of sp³-hybridized carbons (Fsp3) is 0.333. The number of carbonyl (C=O) groups is 4. The lowest BCUT2D eigenvalue weighted by Gasteiger charge is -2.06. The molecule has 0 atom stereocenters. The predicted octanol–water partition coefficient (Wildman–Crippen LogP) is 1.85. The molecular weight excluding hydrogens is 316 g/mol. The van der Waals surface area contributed by atoms with Crippen LogP contribution in [-0.2, 0) is 14.3 Å². The Labute approximate surface area is 129 Å². The molecule has 1 rings (SSSR count). The molecule has 0 radical (unpaired) electrons. The largest absolute Gasteiger partial charge is 0.450 e. The lowest BCUT2D eigenvalue weighted by molar-refractivity contribution is -0.114. The molecule has 0 fully saturated rings. The summed E-state index contributed by atoms with van der Waals surface area (Å²) in [5, 5.41) is 6.31. The summed E-state index contributed by atoms with van der Waals surface area (Å²) in [5.41, 5.74) is 0.161. The van der Waals surface area contributed by atoms with E-state index >= 15 is 0 Å². The minimum atomic E-state index is -0.849. The third kappa shape index (κ3) is 5.96. The van der Waals surface area contributed by atoms with E-state index in [-0.39, 0.29) is 23.0 Å². The van der Waals surface area contributed by atoms with E-state index in [0.29, 0.717) is 5.00 Å². The Bertz CT molecular complexity index is 556. The second-order valence-electron chi connectivity index (χ2n) is 3.67. The molecule has 0 saturated heterocycles. The van der Waals surface area contributed by atoms with Gasteiger partial charge in [0.05, 0.1) is 17.9 Å². The van der Waals surface area contributed by atoms with Crippen LogP contribution in [0, 0.1) is 0 Å². The second kappa shape index (κ2) is 8.42. The molecule has 0 spiro atoms. The molecule has 9 heteroatoms. The van der Waals surface area contributed by atoms with E-state index in [4.69, 9.17) is 0 Å². The Hall–Kier alpha value is -1.87. The van der Waals surface area contributed by atoms with Crippen molar-refractivity contribution in [2.45, 2.75) is 13.8 Å². The molecule has 2 N–H and O–H groups in total. The number of hydrogen-bond acceptors (Lipinski definition) is 7. The average molecular weight is 330 g/mol. The van der Waals surface area contributed by atoms with Gasteiger partial charge in [0.25, 0.3) is 5.91 Å². The molecule has 0 aliphatic rings.